The normalized spacial score (nSPS) is 17.9. The number of hydrogen-bond donors (Lipinski definition) is 2. The van der Waals surface area contributed by atoms with E-state index in [0.717, 1.165) is 32.0 Å². The highest BCUT2D eigenvalue weighted by Crippen LogP contribution is 2.13. The standard InChI is InChI=1S/C9H16N6/c1-14-2-4-15(5-3-14)9-7-11-6-8(12-9)13-10/h6-7H,2-5,10H2,1H3,(H,12,13). The van der Waals surface area contributed by atoms with E-state index < -0.39 is 0 Å². The Kier molecular flexibility index (Phi) is 2.98. The molecule has 0 atom stereocenters. The lowest BCUT2D eigenvalue weighted by Gasteiger charge is -2.33. The Hall–Kier alpha value is -1.40. The molecule has 1 aromatic rings. The first-order chi connectivity index (χ1) is 7.29. The molecule has 3 N–H and O–H groups in total. The van der Waals surface area contributed by atoms with Crippen molar-refractivity contribution in [3.8, 4) is 0 Å². The van der Waals surface area contributed by atoms with Gasteiger partial charge in [-0.1, -0.05) is 0 Å². The minimum atomic E-state index is 0.603. The van der Waals surface area contributed by atoms with Crippen molar-refractivity contribution in [1.82, 2.24) is 14.9 Å². The summed E-state index contributed by atoms with van der Waals surface area (Å²) in [7, 11) is 2.13. The lowest BCUT2D eigenvalue weighted by molar-refractivity contribution is 0.312. The van der Waals surface area contributed by atoms with Gasteiger partial charge in [0.25, 0.3) is 0 Å². The van der Waals surface area contributed by atoms with Gasteiger partial charge in [0.05, 0.1) is 12.4 Å². The van der Waals surface area contributed by atoms with E-state index in [0.29, 0.717) is 5.82 Å². The van der Waals surface area contributed by atoms with Crippen molar-refractivity contribution in [3.63, 3.8) is 0 Å². The lowest BCUT2D eigenvalue weighted by atomic mass is 10.3. The third-order valence-electron chi connectivity index (χ3n) is 2.60. The average molecular weight is 208 g/mol. The Morgan fingerprint density at radius 1 is 1.27 bits per heavy atom. The first-order valence-corrected chi connectivity index (χ1v) is 5.02. The molecule has 0 aliphatic carbocycles. The van der Waals surface area contributed by atoms with Gasteiger partial charge in [0.1, 0.15) is 5.82 Å². The van der Waals surface area contributed by atoms with Crippen molar-refractivity contribution >= 4 is 11.6 Å². The number of nitrogen functional groups attached to an aromatic ring is 1. The number of rotatable bonds is 2. The van der Waals surface area contributed by atoms with Crippen molar-refractivity contribution in [3.05, 3.63) is 12.4 Å². The van der Waals surface area contributed by atoms with Crippen LogP contribution in [0.3, 0.4) is 0 Å². The zero-order chi connectivity index (χ0) is 10.7. The summed E-state index contributed by atoms with van der Waals surface area (Å²) in [6, 6.07) is 0. The second-order valence-electron chi connectivity index (χ2n) is 3.70. The van der Waals surface area contributed by atoms with Crippen LogP contribution in [0.4, 0.5) is 11.6 Å². The van der Waals surface area contributed by atoms with Gasteiger partial charge in [-0.3, -0.25) is 4.98 Å². The summed E-state index contributed by atoms with van der Waals surface area (Å²) >= 11 is 0. The molecule has 1 aromatic heterocycles. The van der Waals surface area contributed by atoms with Gasteiger partial charge in [0.15, 0.2) is 5.82 Å². The molecule has 1 aliphatic heterocycles. The minimum Gasteiger partial charge on any atom is -0.353 e. The lowest BCUT2D eigenvalue weighted by Crippen LogP contribution is -2.44. The van der Waals surface area contributed by atoms with Gasteiger partial charge in [0.2, 0.25) is 0 Å². The zero-order valence-electron chi connectivity index (χ0n) is 8.85. The van der Waals surface area contributed by atoms with E-state index in [1.165, 1.54) is 0 Å². The quantitative estimate of drug-likeness (QED) is 0.505. The molecule has 2 rings (SSSR count). The predicted molar refractivity (Wildman–Crippen MR) is 59.6 cm³/mol. The van der Waals surface area contributed by atoms with Crippen LogP contribution in [0.25, 0.3) is 0 Å². The zero-order valence-corrected chi connectivity index (χ0v) is 8.85. The third-order valence-corrected chi connectivity index (χ3v) is 2.60. The van der Waals surface area contributed by atoms with E-state index in [2.05, 4.69) is 32.2 Å². The second kappa shape index (κ2) is 4.41. The summed E-state index contributed by atoms with van der Waals surface area (Å²) < 4.78 is 0. The minimum absolute atomic E-state index is 0.603. The highest BCUT2D eigenvalue weighted by molar-refractivity contribution is 5.43. The van der Waals surface area contributed by atoms with Gasteiger partial charge in [-0.25, -0.2) is 10.8 Å². The number of hydrogen-bond acceptors (Lipinski definition) is 6. The molecular formula is C9H16N6. The molecule has 6 heteroatoms. The number of nitrogens with zero attached hydrogens (tertiary/aromatic N) is 4. The maximum Gasteiger partial charge on any atom is 0.160 e. The molecule has 0 amide bonds. The monoisotopic (exact) mass is 208 g/mol. The largest absolute Gasteiger partial charge is 0.353 e. The Balaban J connectivity index is 2.08. The SMILES string of the molecule is CN1CCN(c2cncc(NN)n2)CC1. The maximum absolute atomic E-state index is 5.29. The summed E-state index contributed by atoms with van der Waals surface area (Å²) in [4.78, 5) is 13.0. The number of nitrogens with one attached hydrogen (secondary N) is 1. The Bertz CT molecular complexity index is 320. The average Bonchev–Trinajstić information content (AvgIpc) is 2.30. The number of likely N-dealkylation sites (N-methyl/N-ethyl adjacent to an activating group) is 1. The fourth-order valence-electron chi connectivity index (χ4n) is 1.61. The molecule has 0 radical (unpaired) electrons. The van der Waals surface area contributed by atoms with Gasteiger partial charge < -0.3 is 15.2 Å². The summed E-state index contributed by atoms with van der Waals surface area (Å²) in [5.41, 5.74) is 2.50. The third kappa shape index (κ3) is 2.34. The highest BCUT2D eigenvalue weighted by atomic mass is 15.3. The van der Waals surface area contributed by atoms with Crippen LogP contribution < -0.4 is 16.2 Å². The smallest absolute Gasteiger partial charge is 0.160 e. The first-order valence-electron chi connectivity index (χ1n) is 5.02. The van der Waals surface area contributed by atoms with Gasteiger partial charge in [-0.2, -0.15) is 0 Å². The van der Waals surface area contributed by atoms with Gasteiger partial charge >= 0.3 is 0 Å². The molecule has 0 aromatic carbocycles. The van der Waals surface area contributed by atoms with E-state index in [-0.39, 0.29) is 0 Å². The van der Waals surface area contributed by atoms with Crippen molar-refractivity contribution in [2.75, 3.05) is 43.6 Å². The van der Waals surface area contributed by atoms with E-state index in [4.69, 9.17) is 5.84 Å². The Labute approximate surface area is 89.1 Å². The van der Waals surface area contributed by atoms with E-state index >= 15 is 0 Å². The van der Waals surface area contributed by atoms with E-state index in [1.807, 2.05) is 0 Å². The highest BCUT2D eigenvalue weighted by Gasteiger charge is 2.15. The summed E-state index contributed by atoms with van der Waals surface area (Å²) in [6.07, 6.45) is 3.38. The number of aromatic nitrogens is 2. The van der Waals surface area contributed by atoms with Gasteiger partial charge in [0, 0.05) is 26.2 Å². The molecule has 1 aliphatic rings. The molecule has 1 fully saturated rings. The molecule has 15 heavy (non-hydrogen) atoms. The molecule has 0 saturated carbocycles. The van der Waals surface area contributed by atoms with Crippen LogP contribution >= 0.6 is 0 Å². The Morgan fingerprint density at radius 3 is 2.67 bits per heavy atom. The second-order valence-corrected chi connectivity index (χ2v) is 3.70. The summed E-state index contributed by atoms with van der Waals surface area (Å²) in [5.74, 6) is 6.78. The molecule has 1 saturated heterocycles. The fraction of sp³-hybridized carbons (Fsp3) is 0.556. The van der Waals surface area contributed by atoms with Crippen molar-refractivity contribution in [2.24, 2.45) is 5.84 Å². The van der Waals surface area contributed by atoms with Crippen LogP contribution in [0.1, 0.15) is 0 Å². The Morgan fingerprint density at radius 2 is 2.00 bits per heavy atom. The van der Waals surface area contributed by atoms with Crippen LogP contribution in [0.5, 0.6) is 0 Å². The molecule has 0 bridgehead atoms. The molecule has 82 valence electrons. The topological polar surface area (TPSA) is 70.3 Å². The van der Waals surface area contributed by atoms with Crippen molar-refractivity contribution in [2.45, 2.75) is 0 Å². The molecule has 2 heterocycles. The van der Waals surface area contributed by atoms with Gasteiger partial charge in [-0.15, -0.1) is 0 Å². The van der Waals surface area contributed by atoms with Crippen LogP contribution in [-0.4, -0.2) is 48.1 Å². The van der Waals surface area contributed by atoms with Crippen LogP contribution in [0.15, 0.2) is 12.4 Å². The summed E-state index contributed by atoms with van der Waals surface area (Å²) in [6.45, 7) is 4.09. The number of piperazine rings is 1. The van der Waals surface area contributed by atoms with Crippen molar-refractivity contribution < 1.29 is 0 Å². The predicted octanol–water partition coefficient (Wildman–Crippen LogP) is -0.486. The summed E-state index contributed by atoms with van der Waals surface area (Å²) in [5, 5.41) is 0. The molecular weight excluding hydrogens is 192 g/mol. The first kappa shape index (κ1) is 10.1. The maximum atomic E-state index is 5.29. The van der Waals surface area contributed by atoms with E-state index in [1.54, 1.807) is 12.4 Å². The van der Waals surface area contributed by atoms with Gasteiger partial charge in [-0.05, 0) is 7.05 Å². The molecule has 0 unspecified atom stereocenters. The fourth-order valence-corrected chi connectivity index (χ4v) is 1.61. The number of nitrogens with two attached hydrogens (primary N) is 1. The van der Waals surface area contributed by atoms with E-state index in [9.17, 15) is 0 Å². The van der Waals surface area contributed by atoms with Crippen LogP contribution in [0, 0.1) is 0 Å². The molecule has 0 spiro atoms. The van der Waals surface area contributed by atoms with Crippen LogP contribution in [-0.2, 0) is 0 Å². The van der Waals surface area contributed by atoms with Crippen LogP contribution in [0.2, 0.25) is 0 Å². The number of anilines is 2. The number of hydrazine groups is 1. The molecule has 6 nitrogen and oxygen atoms in total. The van der Waals surface area contributed by atoms with Crippen molar-refractivity contribution in [1.29, 1.82) is 0 Å².